The van der Waals surface area contributed by atoms with Crippen molar-refractivity contribution in [2.45, 2.75) is 38.5 Å². The first-order chi connectivity index (χ1) is 13.5. The van der Waals surface area contributed by atoms with Crippen LogP contribution >= 0.6 is 11.3 Å². The van der Waals surface area contributed by atoms with Crippen molar-refractivity contribution in [2.75, 3.05) is 11.1 Å². The van der Waals surface area contributed by atoms with Crippen molar-refractivity contribution in [3.8, 4) is 0 Å². The van der Waals surface area contributed by atoms with Crippen molar-refractivity contribution in [3.05, 3.63) is 52.0 Å². The number of carboxylic acid groups (broad SMARTS) is 1. The van der Waals surface area contributed by atoms with Gasteiger partial charge in [-0.25, -0.2) is 4.98 Å². The molecule has 7 heteroatoms. The summed E-state index contributed by atoms with van der Waals surface area (Å²) in [6, 6.07) is 7.93. The molecule has 1 aromatic carbocycles. The van der Waals surface area contributed by atoms with Crippen molar-refractivity contribution in [3.63, 3.8) is 0 Å². The Hall–Kier alpha value is -2.93. The van der Waals surface area contributed by atoms with Crippen LogP contribution < -0.4 is 16.2 Å². The standard InChI is InChI=1S/C21H21N3O3S/c22-17-15-11-13-5-3-1-2-4-6-16(13)24-20(15)28-18(17)19(25)23-14-9-7-12(8-10-14)21(26)27/h7-11H,1-6,22H2,(H,23,25)(H,26,27)/p-1. The van der Waals surface area contributed by atoms with Crippen LogP contribution in [0.3, 0.4) is 0 Å². The number of carbonyl (C=O) groups is 2. The molecule has 0 radical (unpaired) electrons. The van der Waals surface area contributed by atoms with Crippen molar-refractivity contribution in [1.82, 2.24) is 4.98 Å². The smallest absolute Gasteiger partial charge is 0.267 e. The molecule has 6 nitrogen and oxygen atoms in total. The largest absolute Gasteiger partial charge is 0.545 e. The maximum atomic E-state index is 12.7. The fourth-order valence-corrected chi connectivity index (χ4v) is 4.55. The van der Waals surface area contributed by atoms with Crippen LogP contribution in [-0.2, 0) is 12.8 Å². The zero-order valence-electron chi connectivity index (χ0n) is 15.3. The molecular weight excluding hydrogens is 374 g/mol. The maximum absolute atomic E-state index is 12.7. The lowest BCUT2D eigenvalue weighted by molar-refractivity contribution is -0.255. The number of aromatic nitrogens is 1. The average molecular weight is 394 g/mol. The lowest BCUT2D eigenvalue weighted by atomic mass is 9.96. The topological polar surface area (TPSA) is 108 Å². The number of carbonyl (C=O) groups excluding carboxylic acids is 2. The number of rotatable bonds is 3. The highest BCUT2D eigenvalue weighted by atomic mass is 32.1. The Morgan fingerprint density at radius 3 is 2.50 bits per heavy atom. The van der Waals surface area contributed by atoms with Crippen LogP contribution in [-0.4, -0.2) is 16.9 Å². The quantitative estimate of drug-likeness (QED) is 0.709. The number of amides is 1. The van der Waals surface area contributed by atoms with Crippen LogP contribution in [0.2, 0.25) is 0 Å². The molecule has 2 aromatic heterocycles. The number of benzene rings is 1. The molecule has 0 aliphatic heterocycles. The molecule has 0 saturated carbocycles. The predicted octanol–water partition coefficient (Wildman–Crippen LogP) is 3.15. The summed E-state index contributed by atoms with van der Waals surface area (Å²) >= 11 is 1.29. The molecule has 0 fully saturated rings. The van der Waals surface area contributed by atoms with Gasteiger partial charge in [0.1, 0.15) is 9.71 Å². The summed E-state index contributed by atoms with van der Waals surface area (Å²) < 4.78 is 0. The lowest BCUT2D eigenvalue weighted by Gasteiger charge is -2.12. The van der Waals surface area contributed by atoms with Crippen molar-refractivity contribution in [1.29, 1.82) is 0 Å². The minimum Gasteiger partial charge on any atom is -0.545 e. The van der Waals surface area contributed by atoms with Gasteiger partial charge in [0.25, 0.3) is 5.91 Å². The normalized spacial score (nSPS) is 14.1. The molecule has 1 aliphatic rings. The maximum Gasteiger partial charge on any atom is 0.267 e. The number of carboxylic acids is 1. The van der Waals surface area contributed by atoms with Crippen molar-refractivity contribution < 1.29 is 14.7 Å². The molecule has 28 heavy (non-hydrogen) atoms. The van der Waals surface area contributed by atoms with Crippen molar-refractivity contribution >= 4 is 44.8 Å². The Balaban J connectivity index is 1.63. The molecule has 0 bridgehead atoms. The van der Waals surface area contributed by atoms with E-state index in [0.717, 1.165) is 41.6 Å². The van der Waals surface area contributed by atoms with Crippen molar-refractivity contribution in [2.24, 2.45) is 0 Å². The van der Waals surface area contributed by atoms with Gasteiger partial charge in [0.05, 0.1) is 11.7 Å². The fraction of sp³-hybridized carbons (Fsp3) is 0.286. The SMILES string of the molecule is Nc1c(C(=O)Nc2ccc(C(=O)[O-])cc2)sc2nc3c(cc12)CCCCCC3. The first kappa shape index (κ1) is 18.4. The van der Waals surface area contributed by atoms with Gasteiger partial charge >= 0.3 is 0 Å². The van der Waals surface area contributed by atoms with Gasteiger partial charge in [0, 0.05) is 16.8 Å². The Morgan fingerprint density at radius 1 is 1.07 bits per heavy atom. The Morgan fingerprint density at radius 2 is 1.79 bits per heavy atom. The van der Waals surface area contributed by atoms with Gasteiger partial charge < -0.3 is 21.0 Å². The van der Waals surface area contributed by atoms with Crippen LogP contribution in [0, 0.1) is 0 Å². The van der Waals surface area contributed by atoms with Gasteiger partial charge in [0.15, 0.2) is 0 Å². The number of nitrogens with one attached hydrogen (secondary N) is 1. The summed E-state index contributed by atoms with van der Waals surface area (Å²) in [6.45, 7) is 0. The highest BCUT2D eigenvalue weighted by Gasteiger charge is 2.20. The number of fused-ring (bicyclic) bond motifs is 2. The van der Waals surface area contributed by atoms with Crippen LogP contribution in [0.4, 0.5) is 11.4 Å². The van der Waals surface area contributed by atoms with E-state index in [1.807, 2.05) is 0 Å². The molecule has 2 heterocycles. The molecule has 1 amide bonds. The van der Waals surface area contributed by atoms with E-state index in [9.17, 15) is 14.7 Å². The first-order valence-corrected chi connectivity index (χ1v) is 10.2. The Labute approximate surface area is 166 Å². The van der Waals surface area contributed by atoms with Gasteiger partial charge in [-0.3, -0.25) is 4.79 Å². The molecule has 4 rings (SSSR count). The molecule has 144 valence electrons. The van der Waals surface area contributed by atoms with Gasteiger partial charge in [-0.2, -0.15) is 0 Å². The second kappa shape index (κ2) is 7.59. The van der Waals surface area contributed by atoms with Gasteiger partial charge in [0.2, 0.25) is 0 Å². The van der Waals surface area contributed by atoms with E-state index in [1.54, 1.807) is 0 Å². The third-order valence-corrected chi connectivity index (χ3v) is 6.20. The van der Waals surface area contributed by atoms with E-state index in [-0.39, 0.29) is 11.5 Å². The first-order valence-electron chi connectivity index (χ1n) is 9.36. The van der Waals surface area contributed by atoms with Gasteiger partial charge in [-0.05, 0) is 55.0 Å². The summed E-state index contributed by atoms with van der Waals surface area (Å²) in [5.41, 5.74) is 9.64. The molecule has 0 saturated heterocycles. The molecule has 3 aromatic rings. The summed E-state index contributed by atoms with van der Waals surface area (Å²) in [7, 11) is 0. The minimum absolute atomic E-state index is 0.0565. The highest BCUT2D eigenvalue weighted by Crippen LogP contribution is 2.35. The number of pyridine rings is 1. The van der Waals surface area contributed by atoms with Gasteiger partial charge in [-0.1, -0.05) is 25.0 Å². The number of nitrogen functional groups attached to an aromatic ring is 1. The summed E-state index contributed by atoms with van der Waals surface area (Å²) in [5.74, 6) is -1.58. The van der Waals surface area contributed by atoms with E-state index < -0.39 is 5.97 Å². The van der Waals surface area contributed by atoms with Crippen LogP contribution in [0.1, 0.15) is 57.0 Å². The number of aryl methyl sites for hydroxylation is 2. The van der Waals surface area contributed by atoms with E-state index >= 15 is 0 Å². The number of thiophene rings is 1. The third-order valence-electron chi connectivity index (χ3n) is 5.08. The number of anilines is 2. The zero-order valence-corrected chi connectivity index (χ0v) is 16.1. The summed E-state index contributed by atoms with van der Waals surface area (Å²) in [6.07, 6.45) is 6.73. The zero-order chi connectivity index (χ0) is 19.7. The summed E-state index contributed by atoms with van der Waals surface area (Å²) in [4.78, 5) is 29.6. The van der Waals surface area contributed by atoms with Crippen LogP contribution in [0.5, 0.6) is 0 Å². The van der Waals surface area contributed by atoms with E-state index in [4.69, 9.17) is 10.7 Å². The average Bonchev–Trinajstić information content (AvgIpc) is 2.98. The van der Waals surface area contributed by atoms with E-state index in [0.29, 0.717) is 16.3 Å². The molecule has 1 aliphatic carbocycles. The molecule has 0 unspecified atom stereocenters. The Kier molecular flexibility index (Phi) is 5.00. The molecule has 3 N–H and O–H groups in total. The Bertz CT molecular complexity index is 1060. The minimum atomic E-state index is -1.26. The van der Waals surface area contributed by atoms with Gasteiger partial charge in [-0.15, -0.1) is 11.3 Å². The number of hydrogen-bond acceptors (Lipinski definition) is 6. The van der Waals surface area contributed by atoms with Crippen LogP contribution in [0.25, 0.3) is 10.2 Å². The third kappa shape index (κ3) is 3.57. The fourth-order valence-electron chi connectivity index (χ4n) is 3.56. The molecular formula is C21H20N3O3S-. The predicted molar refractivity (Wildman–Crippen MR) is 109 cm³/mol. The number of aromatic carboxylic acids is 1. The number of hydrogen-bond donors (Lipinski definition) is 2. The number of nitrogens with two attached hydrogens (primary N) is 1. The van der Waals surface area contributed by atoms with E-state index in [2.05, 4.69) is 11.4 Å². The molecule has 0 spiro atoms. The molecule has 0 atom stereocenters. The lowest BCUT2D eigenvalue weighted by Crippen LogP contribution is -2.22. The monoisotopic (exact) mass is 394 g/mol. The summed E-state index contributed by atoms with van der Waals surface area (Å²) in [5, 5.41) is 14.4. The number of nitrogens with zero attached hydrogens (tertiary/aromatic N) is 1. The second-order valence-corrected chi connectivity index (χ2v) is 8.02. The highest BCUT2D eigenvalue weighted by molar-refractivity contribution is 7.21. The van der Waals surface area contributed by atoms with E-state index in [1.165, 1.54) is 54.0 Å². The second-order valence-electron chi connectivity index (χ2n) is 7.02. The van der Waals surface area contributed by atoms with Crippen LogP contribution in [0.15, 0.2) is 30.3 Å².